The van der Waals surface area contributed by atoms with Gasteiger partial charge in [-0.05, 0) is 31.0 Å². The van der Waals surface area contributed by atoms with E-state index in [-0.39, 0.29) is 17.5 Å². The lowest BCUT2D eigenvalue weighted by Gasteiger charge is -2.28. The third-order valence-corrected chi connectivity index (χ3v) is 3.61. The third kappa shape index (κ3) is 4.03. The van der Waals surface area contributed by atoms with Gasteiger partial charge in [-0.1, -0.05) is 19.4 Å². The highest BCUT2D eigenvalue weighted by Gasteiger charge is 2.33. The summed E-state index contributed by atoms with van der Waals surface area (Å²) in [4.78, 5) is 1.87. The molecule has 0 saturated heterocycles. The molecule has 1 atom stereocenters. The van der Waals surface area contributed by atoms with Crippen molar-refractivity contribution in [2.75, 3.05) is 11.9 Å². The molecule has 0 aromatic heterocycles. The van der Waals surface area contributed by atoms with E-state index in [0.29, 0.717) is 5.69 Å². The molecule has 0 radical (unpaired) electrons. The Morgan fingerprint density at radius 1 is 1.32 bits per heavy atom. The van der Waals surface area contributed by atoms with Crippen molar-refractivity contribution in [3.8, 4) is 0 Å². The largest absolute Gasteiger partial charge is 0.416 e. The van der Waals surface area contributed by atoms with Gasteiger partial charge in [0.2, 0.25) is 0 Å². The molecule has 1 unspecified atom stereocenters. The Morgan fingerprint density at radius 2 is 1.95 bits per heavy atom. The first kappa shape index (κ1) is 16.2. The Balaban J connectivity index is 3.11. The van der Waals surface area contributed by atoms with E-state index >= 15 is 0 Å². The van der Waals surface area contributed by atoms with Crippen LogP contribution in [0.5, 0.6) is 0 Å². The molecule has 1 aromatic rings. The first-order chi connectivity index (χ1) is 8.81. The van der Waals surface area contributed by atoms with Crippen molar-refractivity contribution >= 4 is 17.3 Å². The lowest BCUT2D eigenvalue weighted by Crippen LogP contribution is -2.28. The molecule has 0 aliphatic rings. The summed E-state index contributed by atoms with van der Waals surface area (Å²) in [5.74, 6) is -0.136. The van der Waals surface area contributed by atoms with Crippen LogP contribution in [0, 0.1) is 0 Å². The fourth-order valence-corrected chi connectivity index (χ4v) is 2.26. The monoisotopic (exact) mass is 293 g/mol. The topological polar surface area (TPSA) is 3.24 Å². The molecular weight excluding hydrogens is 275 g/mol. The average molecular weight is 294 g/mol. The van der Waals surface area contributed by atoms with Crippen LogP contribution in [0.4, 0.5) is 18.9 Å². The molecule has 0 N–H and O–H groups in total. The van der Waals surface area contributed by atoms with Gasteiger partial charge >= 0.3 is 6.18 Å². The summed E-state index contributed by atoms with van der Waals surface area (Å²) in [5, 5.41) is 0. The molecule has 0 saturated carbocycles. The van der Waals surface area contributed by atoms with Gasteiger partial charge in [0.05, 0.1) is 5.56 Å². The first-order valence-corrected chi connectivity index (χ1v) is 6.83. The van der Waals surface area contributed by atoms with Crippen molar-refractivity contribution in [2.45, 2.75) is 44.8 Å². The van der Waals surface area contributed by atoms with Gasteiger partial charge in [-0.2, -0.15) is 13.2 Å². The maximum Gasteiger partial charge on any atom is 0.416 e. The lowest BCUT2D eigenvalue weighted by atomic mass is 10.1. The summed E-state index contributed by atoms with van der Waals surface area (Å²) in [5.41, 5.74) is 0.0483. The summed E-state index contributed by atoms with van der Waals surface area (Å²) in [6.45, 7) is 4.06. The summed E-state index contributed by atoms with van der Waals surface area (Å²) in [7, 11) is 1.82. The second kappa shape index (κ2) is 6.51. The number of benzene rings is 1. The number of hydrogen-bond donors (Lipinski definition) is 0. The van der Waals surface area contributed by atoms with Crippen LogP contribution in [0.2, 0.25) is 0 Å². The second-order valence-electron chi connectivity index (χ2n) is 4.72. The van der Waals surface area contributed by atoms with Gasteiger partial charge in [-0.3, -0.25) is 0 Å². The van der Waals surface area contributed by atoms with Crippen molar-refractivity contribution in [1.29, 1.82) is 0 Å². The fourth-order valence-electron chi connectivity index (χ4n) is 2.03. The smallest absolute Gasteiger partial charge is 0.372 e. The van der Waals surface area contributed by atoms with E-state index in [2.05, 4.69) is 6.92 Å². The molecule has 0 bridgehead atoms. The Morgan fingerprint density at radius 3 is 2.42 bits per heavy atom. The summed E-state index contributed by atoms with van der Waals surface area (Å²) >= 11 is 5.57. The molecule has 5 heteroatoms. The molecule has 1 aromatic carbocycles. The van der Waals surface area contributed by atoms with Crippen LogP contribution >= 0.6 is 11.6 Å². The van der Waals surface area contributed by atoms with Crippen LogP contribution in [0.1, 0.15) is 37.8 Å². The second-order valence-corrected chi connectivity index (χ2v) is 4.99. The Labute approximate surface area is 117 Å². The van der Waals surface area contributed by atoms with Gasteiger partial charge in [0.15, 0.2) is 0 Å². The quantitative estimate of drug-likeness (QED) is 0.685. The van der Waals surface area contributed by atoms with Crippen LogP contribution in [0.3, 0.4) is 0 Å². The molecule has 108 valence electrons. The highest BCUT2D eigenvalue weighted by Crippen LogP contribution is 2.35. The van der Waals surface area contributed by atoms with E-state index in [0.717, 1.165) is 12.8 Å². The van der Waals surface area contributed by atoms with Crippen molar-refractivity contribution in [3.63, 3.8) is 0 Å². The van der Waals surface area contributed by atoms with E-state index < -0.39 is 11.7 Å². The van der Waals surface area contributed by atoms with Gasteiger partial charge in [-0.25, -0.2) is 0 Å². The van der Waals surface area contributed by atoms with E-state index in [1.54, 1.807) is 6.07 Å². The van der Waals surface area contributed by atoms with Gasteiger partial charge in [-0.15, -0.1) is 11.6 Å². The molecule has 1 nitrogen and oxygen atoms in total. The predicted molar refractivity (Wildman–Crippen MR) is 73.8 cm³/mol. The first-order valence-electron chi connectivity index (χ1n) is 6.30. The van der Waals surface area contributed by atoms with E-state index in [9.17, 15) is 13.2 Å². The van der Waals surface area contributed by atoms with Crippen molar-refractivity contribution in [1.82, 2.24) is 0 Å². The fraction of sp³-hybridized carbons (Fsp3) is 0.571. The Bertz CT molecular complexity index is 418. The number of anilines is 1. The highest BCUT2D eigenvalue weighted by atomic mass is 35.5. The minimum Gasteiger partial charge on any atom is -0.372 e. The molecule has 1 rings (SSSR count). The summed E-state index contributed by atoms with van der Waals surface area (Å²) in [6.07, 6.45) is -2.43. The molecule has 0 amide bonds. The van der Waals surface area contributed by atoms with Crippen LogP contribution in [-0.4, -0.2) is 13.1 Å². The van der Waals surface area contributed by atoms with Gasteiger partial charge in [0.25, 0.3) is 0 Å². The normalized spacial score (nSPS) is 13.4. The van der Waals surface area contributed by atoms with Gasteiger partial charge in [0, 0.05) is 24.7 Å². The standard InChI is InChI=1S/C14H19ClF3N/c1-4-5-10(2)19(3)12-7-6-11(9-15)13(8-12)14(16,17)18/h6-8,10H,4-5,9H2,1-3H3. The minimum atomic E-state index is -4.37. The molecule has 0 fully saturated rings. The predicted octanol–water partition coefficient (Wildman–Crippen LogP) is 5.07. The Hall–Kier alpha value is -0.900. The van der Waals surface area contributed by atoms with Crippen molar-refractivity contribution in [3.05, 3.63) is 29.3 Å². The number of hydrogen-bond acceptors (Lipinski definition) is 1. The van der Waals surface area contributed by atoms with Crippen LogP contribution in [0.25, 0.3) is 0 Å². The number of alkyl halides is 4. The van der Waals surface area contributed by atoms with Gasteiger partial charge in [0.1, 0.15) is 0 Å². The van der Waals surface area contributed by atoms with Crippen LogP contribution in [-0.2, 0) is 12.1 Å². The molecule has 0 aliphatic carbocycles. The number of halogens is 4. The van der Waals surface area contributed by atoms with Crippen LogP contribution < -0.4 is 4.90 Å². The van der Waals surface area contributed by atoms with E-state index in [1.807, 2.05) is 18.9 Å². The molecule has 0 aliphatic heterocycles. The van der Waals surface area contributed by atoms with Crippen LogP contribution in [0.15, 0.2) is 18.2 Å². The third-order valence-electron chi connectivity index (χ3n) is 3.32. The SMILES string of the molecule is CCCC(C)N(C)c1ccc(CCl)c(C(F)(F)F)c1. The zero-order valence-corrected chi connectivity index (χ0v) is 12.1. The van der Waals surface area contributed by atoms with Gasteiger partial charge < -0.3 is 4.90 Å². The van der Waals surface area contributed by atoms with E-state index in [4.69, 9.17) is 11.6 Å². The maximum atomic E-state index is 13.0. The lowest BCUT2D eigenvalue weighted by molar-refractivity contribution is -0.138. The number of rotatable bonds is 5. The summed E-state index contributed by atoms with van der Waals surface area (Å²) < 4.78 is 38.9. The molecule has 0 heterocycles. The molecule has 0 spiro atoms. The maximum absolute atomic E-state index is 13.0. The number of nitrogens with zero attached hydrogens (tertiary/aromatic N) is 1. The molecular formula is C14H19ClF3N. The van der Waals surface area contributed by atoms with Crippen molar-refractivity contribution < 1.29 is 13.2 Å². The van der Waals surface area contributed by atoms with E-state index in [1.165, 1.54) is 12.1 Å². The minimum absolute atomic E-state index is 0.120. The van der Waals surface area contributed by atoms with Crippen molar-refractivity contribution in [2.24, 2.45) is 0 Å². The zero-order valence-electron chi connectivity index (χ0n) is 11.4. The highest BCUT2D eigenvalue weighted by molar-refractivity contribution is 6.17. The Kier molecular flexibility index (Phi) is 5.53. The summed E-state index contributed by atoms with van der Waals surface area (Å²) in [6, 6.07) is 4.54. The molecule has 19 heavy (non-hydrogen) atoms. The zero-order chi connectivity index (χ0) is 14.6. The average Bonchev–Trinajstić information content (AvgIpc) is 2.36.